The molecule has 2 amide bonds. The highest BCUT2D eigenvalue weighted by Crippen LogP contribution is 2.39. The number of rotatable bonds is 6. The highest BCUT2D eigenvalue weighted by molar-refractivity contribution is 7.17. The number of ketones is 2. The Morgan fingerprint density at radius 1 is 0.906 bits per heavy atom. The number of carbonyl (C=O) groups is 4. The molecule has 3 aromatic rings. The van der Waals surface area contributed by atoms with E-state index >= 15 is 0 Å². The van der Waals surface area contributed by atoms with Crippen LogP contribution in [0.1, 0.15) is 65.2 Å². The van der Waals surface area contributed by atoms with Crippen LogP contribution in [0.15, 0.2) is 54.6 Å². The van der Waals surface area contributed by atoms with Crippen LogP contribution >= 0.6 is 11.3 Å². The Morgan fingerprint density at radius 3 is 2.12 bits per heavy atom. The maximum atomic E-state index is 12.8. The first-order valence-electron chi connectivity index (χ1n) is 10.3. The number of hydrogen-bond acceptors (Lipinski definition) is 5. The average molecular weight is 447 g/mol. The standard InChI is InChI=1S/C25H22N2O4S/c1-14-7-12-18-19(13-14)32-25(20(18)23(26)30)27-24(31)17-10-8-16(9-11-17)22(29)21(28)15-5-3-2-4-6-15/h2-6,8-11,14H,7,12-13H2,1H3,(H2,26,30)(H,27,31). The van der Waals surface area contributed by atoms with Gasteiger partial charge in [-0.25, -0.2) is 0 Å². The number of nitrogens with two attached hydrogens (primary N) is 1. The van der Waals surface area contributed by atoms with Gasteiger partial charge in [-0.1, -0.05) is 49.4 Å². The third-order valence-electron chi connectivity index (χ3n) is 5.64. The van der Waals surface area contributed by atoms with Crippen LogP contribution in [0.4, 0.5) is 5.00 Å². The summed E-state index contributed by atoms with van der Waals surface area (Å²) in [6.45, 7) is 2.16. The summed E-state index contributed by atoms with van der Waals surface area (Å²) in [6.07, 6.45) is 2.62. The van der Waals surface area contributed by atoms with Gasteiger partial charge in [-0.3, -0.25) is 19.2 Å². The molecule has 0 bridgehead atoms. The first-order chi connectivity index (χ1) is 15.3. The van der Waals surface area contributed by atoms with E-state index in [0.29, 0.717) is 27.6 Å². The molecule has 0 radical (unpaired) electrons. The molecule has 0 aliphatic heterocycles. The van der Waals surface area contributed by atoms with Gasteiger partial charge >= 0.3 is 0 Å². The highest BCUT2D eigenvalue weighted by atomic mass is 32.1. The molecule has 0 saturated heterocycles. The van der Waals surface area contributed by atoms with Crippen molar-refractivity contribution in [3.05, 3.63) is 87.3 Å². The molecule has 4 rings (SSSR count). The summed E-state index contributed by atoms with van der Waals surface area (Å²) in [6, 6.07) is 14.2. The number of thiophene rings is 1. The van der Waals surface area contributed by atoms with Crippen LogP contribution < -0.4 is 11.1 Å². The third kappa shape index (κ3) is 4.24. The van der Waals surface area contributed by atoms with E-state index in [1.54, 1.807) is 30.3 Å². The minimum Gasteiger partial charge on any atom is -0.365 e. The van der Waals surface area contributed by atoms with Crippen molar-refractivity contribution >= 4 is 39.7 Å². The highest BCUT2D eigenvalue weighted by Gasteiger charge is 2.27. The van der Waals surface area contributed by atoms with E-state index in [0.717, 1.165) is 29.7 Å². The van der Waals surface area contributed by atoms with Gasteiger partial charge < -0.3 is 11.1 Å². The number of primary amides is 1. The molecule has 1 unspecified atom stereocenters. The molecule has 0 spiro atoms. The molecule has 0 saturated carbocycles. The lowest BCUT2D eigenvalue weighted by Gasteiger charge is -2.18. The minimum atomic E-state index is -0.640. The van der Waals surface area contributed by atoms with Gasteiger partial charge in [-0.05, 0) is 42.9 Å². The number of nitrogens with one attached hydrogen (secondary N) is 1. The fourth-order valence-electron chi connectivity index (χ4n) is 3.90. The summed E-state index contributed by atoms with van der Waals surface area (Å²) in [5.41, 5.74) is 7.77. The zero-order valence-electron chi connectivity index (χ0n) is 17.5. The molecule has 1 aliphatic carbocycles. The zero-order chi connectivity index (χ0) is 22.8. The maximum absolute atomic E-state index is 12.8. The molecule has 3 N–H and O–H groups in total. The lowest BCUT2D eigenvalue weighted by molar-refractivity contribution is 0.0817. The van der Waals surface area contributed by atoms with Crippen molar-refractivity contribution in [3.8, 4) is 0 Å². The van der Waals surface area contributed by atoms with E-state index in [9.17, 15) is 19.2 Å². The summed E-state index contributed by atoms with van der Waals surface area (Å²) in [7, 11) is 0. The number of amides is 2. The Bertz CT molecular complexity index is 1210. The maximum Gasteiger partial charge on any atom is 0.256 e. The number of benzene rings is 2. The molecular weight excluding hydrogens is 424 g/mol. The van der Waals surface area contributed by atoms with Crippen molar-refractivity contribution in [1.82, 2.24) is 0 Å². The van der Waals surface area contributed by atoms with Crippen molar-refractivity contribution in [2.45, 2.75) is 26.2 Å². The van der Waals surface area contributed by atoms with Crippen LogP contribution in [0, 0.1) is 5.92 Å². The third-order valence-corrected chi connectivity index (χ3v) is 6.81. The molecule has 7 heteroatoms. The van der Waals surface area contributed by atoms with Crippen molar-refractivity contribution in [3.63, 3.8) is 0 Å². The quantitative estimate of drug-likeness (QED) is 0.435. The van der Waals surface area contributed by atoms with Crippen molar-refractivity contribution in [2.75, 3.05) is 5.32 Å². The van der Waals surface area contributed by atoms with Crippen LogP contribution in [-0.2, 0) is 12.8 Å². The summed E-state index contributed by atoms with van der Waals surface area (Å²) in [4.78, 5) is 50.8. The molecule has 162 valence electrons. The molecule has 1 heterocycles. The van der Waals surface area contributed by atoms with Crippen LogP contribution in [0.25, 0.3) is 0 Å². The largest absolute Gasteiger partial charge is 0.365 e. The number of Topliss-reactive ketones (excluding diaryl/α,β-unsaturated/α-hetero) is 2. The van der Waals surface area contributed by atoms with Gasteiger partial charge in [0.2, 0.25) is 11.6 Å². The molecular formula is C25H22N2O4S. The van der Waals surface area contributed by atoms with E-state index in [-0.39, 0.29) is 5.56 Å². The average Bonchev–Trinajstić information content (AvgIpc) is 3.15. The van der Waals surface area contributed by atoms with E-state index < -0.39 is 23.4 Å². The van der Waals surface area contributed by atoms with Gasteiger partial charge in [-0.2, -0.15) is 0 Å². The van der Waals surface area contributed by atoms with E-state index in [1.807, 2.05) is 0 Å². The molecule has 1 aliphatic rings. The topological polar surface area (TPSA) is 106 Å². The predicted molar refractivity (Wildman–Crippen MR) is 124 cm³/mol. The van der Waals surface area contributed by atoms with Gasteiger partial charge in [-0.15, -0.1) is 11.3 Å². The normalized spacial score (nSPS) is 15.0. The van der Waals surface area contributed by atoms with Crippen LogP contribution in [0.2, 0.25) is 0 Å². The Balaban J connectivity index is 1.52. The second kappa shape index (κ2) is 8.88. The van der Waals surface area contributed by atoms with E-state index in [2.05, 4.69) is 12.2 Å². The molecule has 1 aromatic heterocycles. The van der Waals surface area contributed by atoms with E-state index in [1.165, 1.54) is 35.6 Å². The fraction of sp³-hybridized carbons (Fsp3) is 0.200. The predicted octanol–water partition coefficient (Wildman–Crippen LogP) is 4.29. The molecule has 1 atom stereocenters. The van der Waals surface area contributed by atoms with Crippen molar-refractivity contribution < 1.29 is 19.2 Å². The summed E-state index contributed by atoms with van der Waals surface area (Å²) in [5.74, 6) is -1.68. The minimum absolute atomic E-state index is 0.203. The summed E-state index contributed by atoms with van der Waals surface area (Å²) < 4.78 is 0. The summed E-state index contributed by atoms with van der Waals surface area (Å²) in [5, 5.41) is 3.26. The zero-order valence-corrected chi connectivity index (χ0v) is 18.3. The molecule has 32 heavy (non-hydrogen) atoms. The Kier molecular flexibility index (Phi) is 6.01. The monoisotopic (exact) mass is 446 g/mol. The number of anilines is 1. The van der Waals surface area contributed by atoms with Crippen LogP contribution in [-0.4, -0.2) is 23.4 Å². The first-order valence-corrected chi connectivity index (χ1v) is 11.2. The molecule has 0 fully saturated rings. The van der Waals surface area contributed by atoms with Gasteiger partial charge in [0.05, 0.1) is 5.56 Å². The Morgan fingerprint density at radius 2 is 1.50 bits per heavy atom. The number of hydrogen-bond donors (Lipinski definition) is 2. The second-order valence-electron chi connectivity index (χ2n) is 7.98. The lowest BCUT2D eigenvalue weighted by atomic mass is 9.88. The van der Waals surface area contributed by atoms with Gasteiger partial charge in [0.15, 0.2) is 0 Å². The van der Waals surface area contributed by atoms with Crippen molar-refractivity contribution in [1.29, 1.82) is 0 Å². The second-order valence-corrected chi connectivity index (χ2v) is 9.08. The number of fused-ring (bicyclic) bond motifs is 1. The van der Waals surface area contributed by atoms with E-state index in [4.69, 9.17) is 5.73 Å². The Hall–Kier alpha value is -3.58. The number of carbonyl (C=O) groups excluding carboxylic acids is 4. The van der Waals surface area contributed by atoms with Gasteiger partial charge in [0, 0.05) is 21.6 Å². The summed E-state index contributed by atoms with van der Waals surface area (Å²) >= 11 is 1.40. The first kappa shape index (κ1) is 21.6. The van der Waals surface area contributed by atoms with Crippen LogP contribution in [0.3, 0.4) is 0 Å². The molecule has 6 nitrogen and oxygen atoms in total. The van der Waals surface area contributed by atoms with Gasteiger partial charge in [0.25, 0.3) is 11.8 Å². The van der Waals surface area contributed by atoms with Crippen LogP contribution in [0.5, 0.6) is 0 Å². The van der Waals surface area contributed by atoms with Crippen molar-refractivity contribution in [2.24, 2.45) is 11.7 Å². The smallest absolute Gasteiger partial charge is 0.256 e. The van der Waals surface area contributed by atoms with Gasteiger partial charge in [0.1, 0.15) is 5.00 Å². The SMILES string of the molecule is CC1CCc2c(sc(NC(=O)c3ccc(C(=O)C(=O)c4ccccc4)cc3)c2C(N)=O)C1. The fourth-order valence-corrected chi connectivity index (χ4v) is 5.31. The molecule has 2 aromatic carbocycles. The Labute approximate surface area is 189 Å². The lowest BCUT2D eigenvalue weighted by Crippen LogP contribution is -2.19.